The van der Waals surface area contributed by atoms with Crippen LogP contribution < -0.4 is 5.73 Å². The number of rotatable bonds is 2. The number of aromatic nitrogens is 2. The summed E-state index contributed by atoms with van der Waals surface area (Å²) >= 11 is 0. The van der Waals surface area contributed by atoms with Gasteiger partial charge in [-0.05, 0) is 43.2 Å². The molecule has 1 aromatic heterocycles. The molecule has 2 N–H and O–H groups in total. The van der Waals surface area contributed by atoms with Gasteiger partial charge in [0.05, 0.1) is 11.0 Å². The highest BCUT2D eigenvalue weighted by Crippen LogP contribution is 2.41. The zero-order valence-electron chi connectivity index (χ0n) is 10.6. The molecule has 1 heterocycles. The summed E-state index contributed by atoms with van der Waals surface area (Å²) in [7, 11) is 0. The van der Waals surface area contributed by atoms with Gasteiger partial charge in [0.15, 0.2) is 0 Å². The number of hydrogen-bond acceptors (Lipinski definition) is 2. The Hall–Kier alpha value is -2.29. The Morgan fingerprint density at radius 1 is 1.05 bits per heavy atom. The first kappa shape index (κ1) is 10.6. The molecule has 1 saturated carbocycles. The van der Waals surface area contributed by atoms with Crippen LogP contribution in [0.4, 0.5) is 5.69 Å². The molecule has 1 aliphatic rings. The van der Waals surface area contributed by atoms with Gasteiger partial charge in [0.25, 0.3) is 0 Å². The first-order valence-electron chi connectivity index (χ1n) is 6.66. The Labute approximate surface area is 111 Å². The molecule has 0 atom stereocenters. The molecule has 2 aromatic carbocycles. The van der Waals surface area contributed by atoms with E-state index < -0.39 is 0 Å². The maximum atomic E-state index is 5.86. The van der Waals surface area contributed by atoms with E-state index in [1.807, 2.05) is 18.2 Å². The van der Waals surface area contributed by atoms with Gasteiger partial charge >= 0.3 is 0 Å². The van der Waals surface area contributed by atoms with E-state index >= 15 is 0 Å². The van der Waals surface area contributed by atoms with E-state index in [0.29, 0.717) is 5.92 Å². The molecule has 3 heteroatoms. The summed E-state index contributed by atoms with van der Waals surface area (Å²) in [4.78, 5) is 4.79. The molecular formula is C16H15N3. The maximum absolute atomic E-state index is 5.86. The predicted molar refractivity (Wildman–Crippen MR) is 77.5 cm³/mol. The van der Waals surface area contributed by atoms with E-state index in [0.717, 1.165) is 16.7 Å². The van der Waals surface area contributed by atoms with E-state index in [2.05, 4.69) is 34.9 Å². The van der Waals surface area contributed by atoms with E-state index in [1.165, 1.54) is 24.4 Å². The molecule has 0 unspecified atom stereocenters. The summed E-state index contributed by atoms with van der Waals surface area (Å²) in [6.07, 6.45) is 2.48. The lowest BCUT2D eigenvalue weighted by atomic mass is 10.2. The van der Waals surface area contributed by atoms with Gasteiger partial charge in [0, 0.05) is 17.3 Å². The third-order valence-electron chi connectivity index (χ3n) is 3.66. The molecule has 4 rings (SSSR count). The van der Waals surface area contributed by atoms with Crippen molar-refractivity contribution in [3.63, 3.8) is 0 Å². The molecule has 0 amide bonds. The van der Waals surface area contributed by atoms with Crippen molar-refractivity contribution < 1.29 is 0 Å². The van der Waals surface area contributed by atoms with E-state index in [9.17, 15) is 0 Å². The lowest BCUT2D eigenvalue weighted by Crippen LogP contribution is -1.99. The zero-order valence-corrected chi connectivity index (χ0v) is 10.6. The Bertz CT molecular complexity index is 739. The van der Waals surface area contributed by atoms with Gasteiger partial charge in [0.2, 0.25) is 0 Å². The minimum absolute atomic E-state index is 0.605. The fraction of sp³-hybridized carbons (Fsp3) is 0.188. The number of anilines is 1. The lowest BCUT2D eigenvalue weighted by Gasteiger charge is -2.08. The molecule has 1 fully saturated rings. The number of nitrogen functional groups attached to an aromatic ring is 1. The highest BCUT2D eigenvalue weighted by Gasteiger charge is 2.30. The highest BCUT2D eigenvalue weighted by molar-refractivity contribution is 5.81. The van der Waals surface area contributed by atoms with Gasteiger partial charge in [-0.3, -0.25) is 4.57 Å². The third kappa shape index (κ3) is 1.70. The summed E-state index contributed by atoms with van der Waals surface area (Å²) < 4.78 is 2.27. The lowest BCUT2D eigenvalue weighted by molar-refractivity contribution is 0.896. The van der Waals surface area contributed by atoms with Crippen molar-refractivity contribution in [2.75, 3.05) is 5.73 Å². The molecular weight excluding hydrogens is 234 g/mol. The van der Waals surface area contributed by atoms with Crippen LogP contribution in [0.25, 0.3) is 16.7 Å². The van der Waals surface area contributed by atoms with Crippen LogP contribution in [0.5, 0.6) is 0 Å². The number of nitrogens with two attached hydrogens (primary N) is 1. The Morgan fingerprint density at radius 2 is 1.84 bits per heavy atom. The fourth-order valence-corrected chi connectivity index (χ4v) is 2.58. The third-order valence-corrected chi connectivity index (χ3v) is 3.66. The van der Waals surface area contributed by atoms with Crippen molar-refractivity contribution in [1.82, 2.24) is 9.55 Å². The quantitative estimate of drug-likeness (QED) is 0.706. The molecule has 0 aliphatic heterocycles. The van der Waals surface area contributed by atoms with Gasteiger partial charge in [-0.25, -0.2) is 4.98 Å². The normalized spacial score (nSPS) is 14.9. The van der Waals surface area contributed by atoms with Crippen LogP contribution in [0.15, 0.2) is 48.5 Å². The number of hydrogen-bond donors (Lipinski definition) is 1. The molecule has 0 radical (unpaired) electrons. The second kappa shape index (κ2) is 3.85. The summed E-state index contributed by atoms with van der Waals surface area (Å²) in [5.41, 5.74) is 9.95. The number of fused-ring (bicyclic) bond motifs is 1. The average Bonchev–Trinajstić information content (AvgIpc) is 3.21. The second-order valence-electron chi connectivity index (χ2n) is 5.16. The van der Waals surface area contributed by atoms with Crippen molar-refractivity contribution in [2.45, 2.75) is 18.8 Å². The van der Waals surface area contributed by atoms with Crippen LogP contribution in [0.1, 0.15) is 24.6 Å². The number of para-hydroxylation sites is 1. The summed E-state index contributed by atoms with van der Waals surface area (Å²) in [5, 5.41) is 0. The van der Waals surface area contributed by atoms with Crippen molar-refractivity contribution in [3.8, 4) is 5.69 Å². The maximum Gasteiger partial charge on any atom is 0.117 e. The van der Waals surface area contributed by atoms with E-state index in [1.54, 1.807) is 0 Å². The molecule has 3 nitrogen and oxygen atoms in total. The van der Waals surface area contributed by atoms with Gasteiger partial charge in [-0.15, -0.1) is 0 Å². The van der Waals surface area contributed by atoms with E-state index in [-0.39, 0.29) is 0 Å². The minimum Gasteiger partial charge on any atom is -0.399 e. The zero-order chi connectivity index (χ0) is 12.8. The molecule has 1 aliphatic carbocycles. The van der Waals surface area contributed by atoms with E-state index in [4.69, 9.17) is 10.7 Å². The number of imidazole rings is 1. The number of benzene rings is 2. The van der Waals surface area contributed by atoms with Crippen molar-refractivity contribution in [1.29, 1.82) is 0 Å². The van der Waals surface area contributed by atoms with Crippen LogP contribution in [-0.4, -0.2) is 9.55 Å². The van der Waals surface area contributed by atoms with Gasteiger partial charge < -0.3 is 5.73 Å². The van der Waals surface area contributed by atoms with Crippen LogP contribution in [-0.2, 0) is 0 Å². The van der Waals surface area contributed by atoms with Gasteiger partial charge in [-0.1, -0.05) is 18.2 Å². The fourth-order valence-electron chi connectivity index (χ4n) is 2.58. The average molecular weight is 249 g/mol. The largest absolute Gasteiger partial charge is 0.399 e. The first-order chi connectivity index (χ1) is 9.33. The standard InChI is InChI=1S/C16H15N3/c17-12-8-9-15-14(10-12)18-16(11-6-7-11)19(15)13-4-2-1-3-5-13/h1-5,8-11H,6-7,17H2. The summed E-state index contributed by atoms with van der Waals surface area (Å²) in [6, 6.07) is 16.4. The Kier molecular flexibility index (Phi) is 2.15. The monoisotopic (exact) mass is 249 g/mol. The van der Waals surface area contributed by atoms with Crippen molar-refractivity contribution in [2.24, 2.45) is 0 Å². The van der Waals surface area contributed by atoms with Gasteiger partial charge in [0.1, 0.15) is 5.82 Å². The Morgan fingerprint density at radius 3 is 2.58 bits per heavy atom. The minimum atomic E-state index is 0.605. The van der Waals surface area contributed by atoms with Crippen LogP contribution >= 0.6 is 0 Å². The first-order valence-corrected chi connectivity index (χ1v) is 6.66. The summed E-state index contributed by atoms with van der Waals surface area (Å²) in [5.74, 6) is 1.78. The van der Waals surface area contributed by atoms with Crippen LogP contribution in [0, 0.1) is 0 Å². The highest BCUT2D eigenvalue weighted by atomic mass is 15.1. The second-order valence-corrected chi connectivity index (χ2v) is 5.16. The predicted octanol–water partition coefficient (Wildman–Crippen LogP) is 3.49. The van der Waals surface area contributed by atoms with Gasteiger partial charge in [-0.2, -0.15) is 0 Å². The molecule has 0 spiro atoms. The molecule has 0 bridgehead atoms. The number of nitrogens with zero attached hydrogens (tertiary/aromatic N) is 2. The molecule has 94 valence electrons. The van der Waals surface area contributed by atoms with Crippen LogP contribution in [0.2, 0.25) is 0 Å². The molecule has 19 heavy (non-hydrogen) atoms. The van der Waals surface area contributed by atoms with Crippen molar-refractivity contribution >= 4 is 16.7 Å². The smallest absolute Gasteiger partial charge is 0.117 e. The van der Waals surface area contributed by atoms with Crippen molar-refractivity contribution in [3.05, 3.63) is 54.4 Å². The molecule has 0 saturated heterocycles. The Balaban J connectivity index is 2.03. The van der Waals surface area contributed by atoms with Crippen LogP contribution in [0.3, 0.4) is 0 Å². The SMILES string of the molecule is Nc1ccc2c(c1)nc(C1CC1)n2-c1ccccc1. The summed E-state index contributed by atoms with van der Waals surface area (Å²) in [6.45, 7) is 0. The molecule has 3 aromatic rings. The topological polar surface area (TPSA) is 43.8 Å².